The van der Waals surface area contributed by atoms with Crippen molar-refractivity contribution < 1.29 is 14.7 Å². The number of hydrogen-bond acceptors (Lipinski definition) is 2. The number of nitrogens with zero attached hydrogens (tertiary/aromatic N) is 1. The predicted molar refractivity (Wildman–Crippen MR) is 56.4 cm³/mol. The number of carbonyl (C=O) groups excluding carboxylic acids is 1. The van der Waals surface area contributed by atoms with Crippen molar-refractivity contribution >= 4 is 11.9 Å². The summed E-state index contributed by atoms with van der Waals surface area (Å²) in [6.07, 6.45) is 3.96. The molecule has 0 aliphatic carbocycles. The van der Waals surface area contributed by atoms with Crippen LogP contribution >= 0.6 is 0 Å². The molecule has 4 nitrogen and oxygen atoms in total. The van der Waals surface area contributed by atoms with Gasteiger partial charge >= 0.3 is 5.97 Å². The summed E-state index contributed by atoms with van der Waals surface area (Å²) in [6, 6.07) is 0. The second-order valence-corrected chi connectivity index (χ2v) is 4.66. The third-order valence-electron chi connectivity index (χ3n) is 2.80. The molecule has 0 aromatic heterocycles. The number of rotatable bonds is 2. The van der Waals surface area contributed by atoms with E-state index in [1.54, 1.807) is 4.90 Å². The van der Waals surface area contributed by atoms with Crippen LogP contribution in [0.4, 0.5) is 0 Å². The maximum Gasteiger partial charge on any atom is 0.328 e. The number of carboxylic acids is 1. The van der Waals surface area contributed by atoms with Crippen LogP contribution in [0.5, 0.6) is 0 Å². The van der Waals surface area contributed by atoms with E-state index >= 15 is 0 Å². The third kappa shape index (κ3) is 3.73. The van der Waals surface area contributed by atoms with Gasteiger partial charge in [0, 0.05) is 25.2 Å². The minimum Gasteiger partial charge on any atom is -0.478 e. The molecule has 0 unspecified atom stereocenters. The van der Waals surface area contributed by atoms with Crippen LogP contribution in [0.2, 0.25) is 0 Å². The summed E-state index contributed by atoms with van der Waals surface area (Å²) < 4.78 is 0. The number of carbonyl (C=O) groups is 2. The molecule has 1 heterocycles. The molecule has 0 atom stereocenters. The highest BCUT2D eigenvalue weighted by molar-refractivity contribution is 5.93. The molecule has 1 aliphatic heterocycles. The Balaban J connectivity index is 2.47. The molecule has 1 fully saturated rings. The average Bonchev–Trinajstić information content (AvgIpc) is 2.14. The van der Waals surface area contributed by atoms with Crippen molar-refractivity contribution in [3.05, 3.63) is 12.2 Å². The summed E-state index contributed by atoms with van der Waals surface area (Å²) in [5.74, 6) is -1.28. The number of hydrogen-bond donors (Lipinski definition) is 1. The Morgan fingerprint density at radius 3 is 2.20 bits per heavy atom. The lowest BCUT2D eigenvalue weighted by molar-refractivity contribution is -0.132. The first-order valence-corrected chi connectivity index (χ1v) is 5.11. The van der Waals surface area contributed by atoms with Gasteiger partial charge in [-0.15, -0.1) is 0 Å². The number of carboxylic acid groups (broad SMARTS) is 1. The Hall–Kier alpha value is -1.32. The second-order valence-electron chi connectivity index (χ2n) is 4.66. The molecule has 0 radical (unpaired) electrons. The molecule has 0 saturated carbocycles. The van der Waals surface area contributed by atoms with Gasteiger partial charge in [-0.3, -0.25) is 4.79 Å². The zero-order chi connectivity index (χ0) is 11.5. The van der Waals surface area contributed by atoms with E-state index in [2.05, 4.69) is 13.8 Å². The summed E-state index contributed by atoms with van der Waals surface area (Å²) >= 11 is 0. The van der Waals surface area contributed by atoms with Gasteiger partial charge < -0.3 is 10.0 Å². The average molecular weight is 211 g/mol. The quantitative estimate of drug-likeness (QED) is 0.700. The van der Waals surface area contributed by atoms with E-state index in [1.807, 2.05) is 0 Å². The maximum absolute atomic E-state index is 11.5. The molecule has 1 aliphatic rings. The molecule has 0 bridgehead atoms. The van der Waals surface area contributed by atoms with E-state index in [0.717, 1.165) is 38.1 Å². The van der Waals surface area contributed by atoms with Crippen LogP contribution in [-0.4, -0.2) is 35.0 Å². The summed E-state index contributed by atoms with van der Waals surface area (Å²) in [5, 5.41) is 8.39. The Kier molecular flexibility index (Phi) is 3.50. The number of aliphatic carboxylic acids is 1. The van der Waals surface area contributed by atoms with E-state index in [1.165, 1.54) is 0 Å². The minimum atomic E-state index is -1.08. The Morgan fingerprint density at radius 2 is 1.73 bits per heavy atom. The van der Waals surface area contributed by atoms with Gasteiger partial charge in [-0.25, -0.2) is 4.79 Å². The van der Waals surface area contributed by atoms with E-state index in [-0.39, 0.29) is 5.91 Å². The number of amides is 1. The Labute approximate surface area is 89.6 Å². The van der Waals surface area contributed by atoms with Crippen molar-refractivity contribution in [1.29, 1.82) is 0 Å². The number of piperidine rings is 1. The van der Waals surface area contributed by atoms with Gasteiger partial charge in [-0.2, -0.15) is 0 Å². The van der Waals surface area contributed by atoms with Gasteiger partial charge in [0.05, 0.1) is 0 Å². The molecule has 0 aromatic rings. The van der Waals surface area contributed by atoms with Crippen molar-refractivity contribution in [2.75, 3.05) is 13.1 Å². The second kappa shape index (κ2) is 4.47. The summed E-state index contributed by atoms with van der Waals surface area (Å²) in [4.78, 5) is 23.4. The summed E-state index contributed by atoms with van der Waals surface area (Å²) in [5.41, 5.74) is 0.299. The molecule has 1 amide bonds. The molecule has 1 saturated heterocycles. The number of likely N-dealkylation sites (tertiary alicyclic amines) is 1. The third-order valence-corrected chi connectivity index (χ3v) is 2.80. The lowest BCUT2D eigenvalue weighted by Gasteiger charge is -2.36. The topological polar surface area (TPSA) is 57.6 Å². The predicted octanol–water partition coefficient (Wildman–Crippen LogP) is 1.28. The fraction of sp³-hybridized carbons (Fsp3) is 0.636. The molecule has 84 valence electrons. The maximum atomic E-state index is 11.5. The standard InChI is InChI=1S/C11H17NO3/c1-11(2)5-7-12(8-6-11)9(13)3-4-10(14)15/h3-4H,5-8H2,1-2H3,(H,14,15). The lowest BCUT2D eigenvalue weighted by Crippen LogP contribution is -2.40. The molecule has 15 heavy (non-hydrogen) atoms. The van der Waals surface area contributed by atoms with Gasteiger partial charge in [-0.05, 0) is 18.3 Å². The molecule has 4 heteroatoms. The van der Waals surface area contributed by atoms with E-state index in [9.17, 15) is 9.59 Å². The first-order chi connectivity index (χ1) is 6.91. The van der Waals surface area contributed by atoms with Crippen LogP contribution in [-0.2, 0) is 9.59 Å². The van der Waals surface area contributed by atoms with Gasteiger partial charge in [0.1, 0.15) is 0 Å². The van der Waals surface area contributed by atoms with Gasteiger partial charge in [-0.1, -0.05) is 13.8 Å². The first kappa shape index (κ1) is 11.8. The van der Waals surface area contributed by atoms with Crippen LogP contribution in [0.1, 0.15) is 26.7 Å². The van der Waals surface area contributed by atoms with Crippen LogP contribution < -0.4 is 0 Å². The largest absolute Gasteiger partial charge is 0.478 e. The van der Waals surface area contributed by atoms with Crippen molar-refractivity contribution in [2.45, 2.75) is 26.7 Å². The molecule has 1 rings (SSSR count). The SMILES string of the molecule is CC1(C)CCN(C(=O)C=CC(=O)O)CC1. The minimum absolute atomic E-state index is 0.201. The van der Waals surface area contributed by atoms with E-state index in [4.69, 9.17) is 5.11 Å². The molecular formula is C11H17NO3. The molecule has 0 aromatic carbocycles. The van der Waals surface area contributed by atoms with Crippen molar-refractivity contribution in [1.82, 2.24) is 4.90 Å². The van der Waals surface area contributed by atoms with Gasteiger partial charge in [0.2, 0.25) is 5.91 Å². The zero-order valence-corrected chi connectivity index (χ0v) is 9.19. The molecule has 1 N–H and O–H groups in total. The summed E-state index contributed by atoms with van der Waals surface area (Å²) in [6.45, 7) is 5.80. The molecule has 0 spiro atoms. The lowest BCUT2D eigenvalue weighted by atomic mass is 9.83. The fourth-order valence-electron chi connectivity index (χ4n) is 1.58. The van der Waals surface area contributed by atoms with Gasteiger partial charge in [0.15, 0.2) is 0 Å². The Bertz CT molecular complexity index is 284. The summed E-state index contributed by atoms with van der Waals surface area (Å²) in [7, 11) is 0. The first-order valence-electron chi connectivity index (χ1n) is 5.11. The normalized spacial score (nSPS) is 20.5. The van der Waals surface area contributed by atoms with Crippen LogP contribution in [0.25, 0.3) is 0 Å². The fourth-order valence-corrected chi connectivity index (χ4v) is 1.58. The Morgan fingerprint density at radius 1 is 1.20 bits per heavy atom. The highest BCUT2D eigenvalue weighted by Crippen LogP contribution is 2.29. The smallest absolute Gasteiger partial charge is 0.328 e. The molecular weight excluding hydrogens is 194 g/mol. The van der Waals surface area contributed by atoms with Crippen molar-refractivity contribution in [2.24, 2.45) is 5.41 Å². The zero-order valence-electron chi connectivity index (χ0n) is 9.19. The van der Waals surface area contributed by atoms with E-state index < -0.39 is 5.97 Å². The van der Waals surface area contributed by atoms with E-state index in [0.29, 0.717) is 5.41 Å². The van der Waals surface area contributed by atoms with Gasteiger partial charge in [0.25, 0.3) is 0 Å². The van der Waals surface area contributed by atoms with Crippen LogP contribution in [0, 0.1) is 5.41 Å². The monoisotopic (exact) mass is 211 g/mol. The highest BCUT2D eigenvalue weighted by atomic mass is 16.4. The van der Waals surface area contributed by atoms with Crippen LogP contribution in [0.15, 0.2) is 12.2 Å². The highest BCUT2D eigenvalue weighted by Gasteiger charge is 2.26. The van der Waals surface area contributed by atoms with Crippen molar-refractivity contribution in [3.8, 4) is 0 Å². The van der Waals surface area contributed by atoms with Crippen LogP contribution in [0.3, 0.4) is 0 Å². The van der Waals surface area contributed by atoms with Crippen molar-refractivity contribution in [3.63, 3.8) is 0 Å².